The normalized spacial score (nSPS) is 20.6. The van der Waals surface area contributed by atoms with E-state index in [1.54, 1.807) is 0 Å². The first kappa shape index (κ1) is 10.0. The number of aryl methyl sites for hydroxylation is 1. The van der Waals surface area contributed by atoms with Gasteiger partial charge in [-0.25, -0.2) is 4.79 Å². The third kappa shape index (κ3) is 1.96. The van der Waals surface area contributed by atoms with E-state index in [0.29, 0.717) is 0 Å². The van der Waals surface area contributed by atoms with E-state index in [1.807, 2.05) is 36.1 Å². The first-order valence-electron chi connectivity index (χ1n) is 5.24. The summed E-state index contributed by atoms with van der Waals surface area (Å²) in [5, 5.41) is 9.06. The van der Waals surface area contributed by atoms with E-state index >= 15 is 0 Å². The Hall–Kier alpha value is -1.51. The molecule has 1 fully saturated rings. The van der Waals surface area contributed by atoms with Gasteiger partial charge in [-0.2, -0.15) is 0 Å². The third-order valence-corrected chi connectivity index (χ3v) is 2.90. The molecule has 1 aliphatic rings. The standard InChI is InChI=1S/C12H15NO2/c1-9-4-6-10(7-5-9)13-8-2-3-11(13)12(14)15/h4-7,11H,2-3,8H2,1H3,(H,14,15)/t11-/m1/s1. The maximum atomic E-state index is 11.0. The number of anilines is 1. The lowest BCUT2D eigenvalue weighted by Crippen LogP contribution is -2.35. The van der Waals surface area contributed by atoms with E-state index in [9.17, 15) is 4.79 Å². The van der Waals surface area contributed by atoms with Gasteiger partial charge < -0.3 is 10.0 Å². The fraction of sp³-hybridized carbons (Fsp3) is 0.417. The van der Waals surface area contributed by atoms with Crippen LogP contribution in [0.15, 0.2) is 24.3 Å². The Balaban J connectivity index is 2.22. The second-order valence-corrected chi connectivity index (χ2v) is 4.03. The summed E-state index contributed by atoms with van der Waals surface area (Å²) >= 11 is 0. The van der Waals surface area contributed by atoms with Gasteiger partial charge in [0.1, 0.15) is 6.04 Å². The molecule has 0 aromatic heterocycles. The molecular formula is C12H15NO2. The molecule has 0 aliphatic carbocycles. The van der Waals surface area contributed by atoms with Gasteiger partial charge in [0.25, 0.3) is 0 Å². The number of rotatable bonds is 2. The summed E-state index contributed by atoms with van der Waals surface area (Å²) in [6.45, 7) is 2.88. The highest BCUT2D eigenvalue weighted by Gasteiger charge is 2.30. The lowest BCUT2D eigenvalue weighted by molar-refractivity contribution is -0.138. The Kier molecular flexibility index (Phi) is 2.62. The van der Waals surface area contributed by atoms with Gasteiger partial charge >= 0.3 is 5.97 Å². The average molecular weight is 205 g/mol. The highest BCUT2D eigenvalue weighted by molar-refractivity contribution is 5.79. The SMILES string of the molecule is Cc1ccc(N2CCC[C@@H]2C(=O)O)cc1. The molecule has 1 atom stereocenters. The number of aliphatic carboxylic acids is 1. The van der Waals surface area contributed by atoms with Crippen molar-refractivity contribution >= 4 is 11.7 Å². The number of nitrogens with zero attached hydrogens (tertiary/aromatic N) is 1. The minimum atomic E-state index is -0.715. The molecule has 0 bridgehead atoms. The van der Waals surface area contributed by atoms with Crippen molar-refractivity contribution in [1.82, 2.24) is 0 Å². The Morgan fingerprint density at radius 1 is 1.40 bits per heavy atom. The Labute approximate surface area is 89.3 Å². The van der Waals surface area contributed by atoms with Crippen molar-refractivity contribution in [3.8, 4) is 0 Å². The molecule has 15 heavy (non-hydrogen) atoms. The number of hydrogen-bond donors (Lipinski definition) is 1. The predicted octanol–water partition coefficient (Wildman–Crippen LogP) is 2.05. The molecule has 1 heterocycles. The summed E-state index contributed by atoms with van der Waals surface area (Å²) in [5.74, 6) is -0.715. The van der Waals surface area contributed by atoms with Crippen LogP contribution in [-0.2, 0) is 4.79 Å². The number of carboxylic acids is 1. The molecule has 0 saturated carbocycles. The van der Waals surface area contributed by atoms with Crippen LogP contribution in [0, 0.1) is 6.92 Å². The minimum Gasteiger partial charge on any atom is -0.480 e. The van der Waals surface area contributed by atoms with Crippen LogP contribution in [0.3, 0.4) is 0 Å². The van der Waals surface area contributed by atoms with Gasteiger partial charge in [-0.1, -0.05) is 17.7 Å². The van der Waals surface area contributed by atoms with E-state index < -0.39 is 5.97 Å². The maximum Gasteiger partial charge on any atom is 0.326 e. The highest BCUT2D eigenvalue weighted by Crippen LogP contribution is 2.25. The van der Waals surface area contributed by atoms with Gasteiger partial charge in [0.2, 0.25) is 0 Å². The summed E-state index contributed by atoms with van der Waals surface area (Å²) in [6.07, 6.45) is 1.72. The number of carboxylic acid groups (broad SMARTS) is 1. The van der Waals surface area contributed by atoms with E-state index in [4.69, 9.17) is 5.11 Å². The molecule has 80 valence electrons. The maximum absolute atomic E-state index is 11.0. The Morgan fingerprint density at radius 2 is 2.07 bits per heavy atom. The molecule has 2 rings (SSSR count). The molecule has 1 N–H and O–H groups in total. The van der Waals surface area contributed by atoms with Crippen LogP contribution in [0.25, 0.3) is 0 Å². The molecule has 1 aromatic rings. The van der Waals surface area contributed by atoms with Crippen LogP contribution in [0.1, 0.15) is 18.4 Å². The highest BCUT2D eigenvalue weighted by atomic mass is 16.4. The van der Waals surface area contributed by atoms with E-state index in [0.717, 1.165) is 25.1 Å². The third-order valence-electron chi connectivity index (χ3n) is 2.90. The second kappa shape index (κ2) is 3.93. The molecule has 3 heteroatoms. The van der Waals surface area contributed by atoms with Crippen LogP contribution in [-0.4, -0.2) is 23.7 Å². The molecule has 0 unspecified atom stereocenters. The van der Waals surface area contributed by atoms with Crippen molar-refractivity contribution in [3.63, 3.8) is 0 Å². The zero-order chi connectivity index (χ0) is 10.8. The number of hydrogen-bond acceptors (Lipinski definition) is 2. The van der Waals surface area contributed by atoms with Crippen molar-refractivity contribution in [2.45, 2.75) is 25.8 Å². The minimum absolute atomic E-state index is 0.340. The summed E-state index contributed by atoms with van der Waals surface area (Å²) in [6, 6.07) is 7.69. The Bertz CT molecular complexity index is 358. The zero-order valence-electron chi connectivity index (χ0n) is 8.81. The summed E-state index contributed by atoms with van der Waals surface area (Å²) in [4.78, 5) is 13.0. The molecule has 0 radical (unpaired) electrons. The van der Waals surface area contributed by atoms with E-state index in [1.165, 1.54) is 5.56 Å². The van der Waals surface area contributed by atoms with Gasteiger partial charge in [0.15, 0.2) is 0 Å². The topological polar surface area (TPSA) is 40.5 Å². The zero-order valence-corrected chi connectivity index (χ0v) is 8.81. The lowest BCUT2D eigenvalue weighted by atomic mass is 10.2. The first-order valence-corrected chi connectivity index (χ1v) is 5.24. The van der Waals surface area contributed by atoms with Gasteiger partial charge in [0.05, 0.1) is 0 Å². The fourth-order valence-corrected chi connectivity index (χ4v) is 2.07. The molecule has 1 aliphatic heterocycles. The first-order chi connectivity index (χ1) is 7.18. The van der Waals surface area contributed by atoms with Gasteiger partial charge in [0, 0.05) is 12.2 Å². The number of carbonyl (C=O) groups is 1. The Morgan fingerprint density at radius 3 is 2.67 bits per heavy atom. The molecule has 3 nitrogen and oxygen atoms in total. The fourth-order valence-electron chi connectivity index (χ4n) is 2.07. The van der Waals surface area contributed by atoms with Gasteiger partial charge in [-0.3, -0.25) is 0 Å². The van der Waals surface area contributed by atoms with Gasteiger partial charge in [-0.15, -0.1) is 0 Å². The van der Waals surface area contributed by atoms with Crippen LogP contribution in [0.4, 0.5) is 5.69 Å². The number of benzene rings is 1. The quantitative estimate of drug-likeness (QED) is 0.803. The van der Waals surface area contributed by atoms with E-state index in [2.05, 4.69) is 0 Å². The average Bonchev–Trinajstić information content (AvgIpc) is 2.67. The smallest absolute Gasteiger partial charge is 0.326 e. The molecule has 0 spiro atoms. The van der Waals surface area contributed by atoms with Gasteiger partial charge in [-0.05, 0) is 31.9 Å². The molecule has 0 amide bonds. The van der Waals surface area contributed by atoms with Crippen LogP contribution < -0.4 is 4.90 Å². The molecular weight excluding hydrogens is 190 g/mol. The van der Waals surface area contributed by atoms with Crippen molar-refractivity contribution < 1.29 is 9.90 Å². The monoisotopic (exact) mass is 205 g/mol. The molecule has 1 aromatic carbocycles. The van der Waals surface area contributed by atoms with Crippen molar-refractivity contribution in [3.05, 3.63) is 29.8 Å². The second-order valence-electron chi connectivity index (χ2n) is 4.03. The van der Waals surface area contributed by atoms with E-state index in [-0.39, 0.29) is 6.04 Å². The van der Waals surface area contributed by atoms with Crippen LogP contribution >= 0.6 is 0 Å². The van der Waals surface area contributed by atoms with Crippen LogP contribution in [0.2, 0.25) is 0 Å². The van der Waals surface area contributed by atoms with Crippen molar-refractivity contribution in [1.29, 1.82) is 0 Å². The summed E-state index contributed by atoms with van der Waals surface area (Å²) in [5.41, 5.74) is 2.22. The van der Waals surface area contributed by atoms with Crippen LogP contribution in [0.5, 0.6) is 0 Å². The van der Waals surface area contributed by atoms with Crippen molar-refractivity contribution in [2.24, 2.45) is 0 Å². The largest absolute Gasteiger partial charge is 0.480 e. The summed E-state index contributed by atoms with van der Waals surface area (Å²) < 4.78 is 0. The lowest BCUT2D eigenvalue weighted by Gasteiger charge is -2.23. The summed E-state index contributed by atoms with van der Waals surface area (Å²) in [7, 11) is 0. The molecule has 1 saturated heterocycles. The van der Waals surface area contributed by atoms with Crippen molar-refractivity contribution in [2.75, 3.05) is 11.4 Å². The predicted molar refractivity (Wildman–Crippen MR) is 59.2 cm³/mol.